The molecule has 0 saturated carbocycles. The lowest BCUT2D eigenvalue weighted by Crippen LogP contribution is -2.31. The molecule has 0 unspecified atom stereocenters. The van der Waals surface area contributed by atoms with Crippen LogP contribution in [0.15, 0.2) is 109 Å². The number of rotatable bonds is 7. The highest BCUT2D eigenvalue weighted by molar-refractivity contribution is 7.80. The molecule has 1 aromatic heterocycles. The topological polar surface area (TPSA) is 54.2 Å². The summed E-state index contributed by atoms with van der Waals surface area (Å²) in [6.07, 6.45) is 3.46. The fourth-order valence-electron chi connectivity index (χ4n) is 3.21. The standard InChI is InChI=1S/C26H23N5S/c1-2-17-27-26(32)29-28-19-20-13-15-23(16-14-20)31-25(22-11-7-4-8-12-22)18-24(30-31)21-9-5-3-6-10-21/h2-16,18-19H,1,17H2,(H2,27,29,32)/b28-19-. The molecule has 0 atom stereocenters. The van der Waals surface area contributed by atoms with Crippen molar-refractivity contribution in [3.63, 3.8) is 0 Å². The van der Waals surface area contributed by atoms with Crippen molar-refractivity contribution in [3.05, 3.63) is 109 Å². The van der Waals surface area contributed by atoms with E-state index in [-0.39, 0.29) is 0 Å². The summed E-state index contributed by atoms with van der Waals surface area (Å²) in [6, 6.07) is 30.7. The fraction of sp³-hybridized carbons (Fsp3) is 0.0385. The molecule has 6 heteroatoms. The second kappa shape index (κ2) is 10.3. The fourth-order valence-corrected chi connectivity index (χ4v) is 3.35. The van der Waals surface area contributed by atoms with Crippen LogP contribution in [0.2, 0.25) is 0 Å². The molecule has 3 aromatic carbocycles. The van der Waals surface area contributed by atoms with Crippen molar-refractivity contribution in [2.24, 2.45) is 5.10 Å². The predicted molar refractivity (Wildman–Crippen MR) is 136 cm³/mol. The van der Waals surface area contributed by atoms with Gasteiger partial charge in [0.2, 0.25) is 0 Å². The molecule has 4 aromatic rings. The highest BCUT2D eigenvalue weighted by Gasteiger charge is 2.12. The Labute approximate surface area is 193 Å². The van der Waals surface area contributed by atoms with Crippen molar-refractivity contribution in [2.45, 2.75) is 0 Å². The summed E-state index contributed by atoms with van der Waals surface area (Å²) < 4.78 is 1.98. The van der Waals surface area contributed by atoms with Crippen LogP contribution in [0.4, 0.5) is 0 Å². The number of hydrogen-bond acceptors (Lipinski definition) is 3. The van der Waals surface area contributed by atoms with Gasteiger partial charge < -0.3 is 5.32 Å². The number of nitrogens with zero attached hydrogens (tertiary/aromatic N) is 3. The van der Waals surface area contributed by atoms with Crippen LogP contribution in [-0.2, 0) is 0 Å². The average molecular weight is 438 g/mol. The van der Waals surface area contributed by atoms with Gasteiger partial charge in [-0.15, -0.1) is 6.58 Å². The molecule has 0 amide bonds. The van der Waals surface area contributed by atoms with Gasteiger partial charge in [-0.1, -0.05) is 78.9 Å². The molecule has 0 fully saturated rings. The van der Waals surface area contributed by atoms with E-state index in [1.54, 1.807) is 12.3 Å². The van der Waals surface area contributed by atoms with Crippen LogP contribution in [0, 0.1) is 0 Å². The molecule has 0 bridgehead atoms. The smallest absolute Gasteiger partial charge is 0.187 e. The number of aromatic nitrogens is 2. The molecular weight excluding hydrogens is 414 g/mol. The maximum atomic E-state index is 5.13. The summed E-state index contributed by atoms with van der Waals surface area (Å²) in [7, 11) is 0. The Morgan fingerprint density at radius 2 is 1.59 bits per heavy atom. The summed E-state index contributed by atoms with van der Waals surface area (Å²) >= 11 is 5.13. The third-order valence-electron chi connectivity index (χ3n) is 4.77. The zero-order valence-corrected chi connectivity index (χ0v) is 18.3. The summed E-state index contributed by atoms with van der Waals surface area (Å²) in [5.74, 6) is 0. The molecule has 4 rings (SSSR count). The molecule has 158 valence electrons. The first-order valence-electron chi connectivity index (χ1n) is 10.2. The Balaban J connectivity index is 1.60. The second-order valence-electron chi connectivity index (χ2n) is 7.02. The van der Waals surface area contributed by atoms with E-state index in [4.69, 9.17) is 17.3 Å². The Kier molecular flexibility index (Phi) is 6.84. The van der Waals surface area contributed by atoms with Gasteiger partial charge in [0.25, 0.3) is 0 Å². The van der Waals surface area contributed by atoms with Gasteiger partial charge in [0, 0.05) is 17.7 Å². The van der Waals surface area contributed by atoms with Crippen molar-refractivity contribution in [1.82, 2.24) is 20.5 Å². The van der Waals surface area contributed by atoms with Crippen molar-refractivity contribution in [3.8, 4) is 28.2 Å². The first kappa shape index (κ1) is 21.2. The van der Waals surface area contributed by atoms with E-state index in [9.17, 15) is 0 Å². The first-order valence-corrected chi connectivity index (χ1v) is 10.6. The van der Waals surface area contributed by atoms with Crippen molar-refractivity contribution in [2.75, 3.05) is 6.54 Å². The summed E-state index contributed by atoms with van der Waals surface area (Å²) in [6.45, 7) is 4.23. The van der Waals surface area contributed by atoms with E-state index in [1.165, 1.54) is 0 Å². The molecular formula is C26H23N5S. The molecule has 0 saturated heterocycles. The Morgan fingerprint density at radius 1 is 0.938 bits per heavy atom. The number of thiocarbonyl (C=S) groups is 1. The lowest BCUT2D eigenvalue weighted by molar-refractivity contribution is 0.892. The monoisotopic (exact) mass is 437 g/mol. The van der Waals surface area contributed by atoms with Gasteiger partial charge in [-0.25, -0.2) is 4.68 Å². The van der Waals surface area contributed by atoms with Gasteiger partial charge in [-0.3, -0.25) is 5.43 Å². The quantitative estimate of drug-likeness (QED) is 0.181. The van der Waals surface area contributed by atoms with E-state index >= 15 is 0 Å². The van der Waals surface area contributed by atoms with Crippen molar-refractivity contribution in [1.29, 1.82) is 0 Å². The minimum atomic E-state index is 0.454. The van der Waals surface area contributed by atoms with Gasteiger partial charge in [0.15, 0.2) is 5.11 Å². The molecule has 0 aliphatic carbocycles. The zero-order valence-electron chi connectivity index (χ0n) is 17.5. The maximum Gasteiger partial charge on any atom is 0.187 e. The van der Waals surface area contributed by atoms with Gasteiger partial charge >= 0.3 is 0 Å². The van der Waals surface area contributed by atoms with Crippen molar-refractivity contribution < 1.29 is 0 Å². The minimum absolute atomic E-state index is 0.454. The van der Waals surface area contributed by atoms with Crippen LogP contribution in [0.1, 0.15) is 5.56 Å². The van der Waals surface area contributed by atoms with Gasteiger partial charge in [-0.2, -0.15) is 10.2 Å². The molecule has 0 aliphatic rings. The van der Waals surface area contributed by atoms with E-state index in [0.29, 0.717) is 11.7 Å². The second-order valence-corrected chi connectivity index (χ2v) is 7.43. The highest BCUT2D eigenvalue weighted by Crippen LogP contribution is 2.28. The highest BCUT2D eigenvalue weighted by atomic mass is 32.1. The number of hydrazone groups is 1. The van der Waals surface area contributed by atoms with Crippen LogP contribution in [0.3, 0.4) is 0 Å². The van der Waals surface area contributed by atoms with Crippen LogP contribution in [0.25, 0.3) is 28.2 Å². The molecule has 5 nitrogen and oxygen atoms in total. The predicted octanol–water partition coefficient (Wildman–Crippen LogP) is 5.19. The Morgan fingerprint density at radius 3 is 2.25 bits per heavy atom. The molecule has 0 radical (unpaired) electrons. The minimum Gasteiger partial charge on any atom is -0.358 e. The van der Waals surface area contributed by atoms with E-state index in [1.807, 2.05) is 65.3 Å². The lowest BCUT2D eigenvalue weighted by atomic mass is 10.1. The lowest BCUT2D eigenvalue weighted by Gasteiger charge is -2.08. The summed E-state index contributed by atoms with van der Waals surface area (Å²) in [5, 5.41) is 12.5. The zero-order chi connectivity index (χ0) is 22.2. The number of hydrogen-bond donors (Lipinski definition) is 2. The van der Waals surface area contributed by atoms with Crippen LogP contribution < -0.4 is 10.7 Å². The Hall–Kier alpha value is -4.03. The normalized spacial score (nSPS) is 10.8. The molecule has 0 spiro atoms. The van der Waals surface area contributed by atoms with Crippen LogP contribution in [0.5, 0.6) is 0 Å². The number of benzene rings is 3. The molecule has 32 heavy (non-hydrogen) atoms. The molecule has 1 heterocycles. The van der Waals surface area contributed by atoms with E-state index in [0.717, 1.165) is 33.8 Å². The Bertz CT molecular complexity index is 1210. The largest absolute Gasteiger partial charge is 0.358 e. The van der Waals surface area contributed by atoms with Crippen molar-refractivity contribution >= 4 is 23.5 Å². The molecule has 2 N–H and O–H groups in total. The average Bonchev–Trinajstić information content (AvgIpc) is 3.30. The molecule has 0 aliphatic heterocycles. The third kappa shape index (κ3) is 5.17. The van der Waals surface area contributed by atoms with E-state index < -0.39 is 0 Å². The van der Waals surface area contributed by atoms with Gasteiger partial charge in [0.1, 0.15) is 0 Å². The van der Waals surface area contributed by atoms with E-state index in [2.05, 4.69) is 52.8 Å². The third-order valence-corrected chi connectivity index (χ3v) is 5.01. The van der Waals surface area contributed by atoms with Gasteiger partial charge in [-0.05, 0) is 36.0 Å². The SMILES string of the molecule is C=CCNC(=S)N/N=C\c1ccc(-n2nc(-c3ccccc3)cc2-c2ccccc2)cc1. The van der Waals surface area contributed by atoms with Gasteiger partial charge in [0.05, 0.1) is 23.3 Å². The summed E-state index contributed by atoms with van der Waals surface area (Å²) in [5.41, 5.74) is 8.86. The number of nitrogens with one attached hydrogen (secondary N) is 2. The first-order chi connectivity index (χ1) is 15.7. The maximum absolute atomic E-state index is 5.13. The van der Waals surface area contributed by atoms with Crippen LogP contribution in [-0.4, -0.2) is 27.7 Å². The van der Waals surface area contributed by atoms with Crippen LogP contribution >= 0.6 is 12.2 Å². The summed E-state index contributed by atoms with van der Waals surface area (Å²) in [4.78, 5) is 0.